The van der Waals surface area contributed by atoms with Gasteiger partial charge in [-0.15, -0.1) is 0 Å². The molecule has 105 heavy (non-hydrogen) atoms. The van der Waals surface area contributed by atoms with Crippen LogP contribution in [0.3, 0.4) is 0 Å². The Morgan fingerprint density at radius 1 is 0.181 bits per heavy atom. The third-order valence-corrected chi connectivity index (χ3v) is 22.5. The largest absolute Gasteiger partial charge is 0.308 e. The van der Waals surface area contributed by atoms with Crippen molar-refractivity contribution >= 4 is 153 Å². The summed E-state index contributed by atoms with van der Waals surface area (Å²) in [5.41, 5.74) is 24.2. The van der Waals surface area contributed by atoms with Crippen molar-refractivity contribution in [2.75, 3.05) is 0 Å². The lowest BCUT2D eigenvalue weighted by Crippen LogP contribution is -2.18. The van der Waals surface area contributed by atoms with E-state index in [9.17, 15) is 5.26 Å². The third kappa shape index (κ3) is 7.71. The molecular formula is C97H58N8. The molecule has 16 aromatic carbocycles. The van der Waals surface area contributed by atoms with Gasteiger partial charge in [0.25, 0.3) is 0 Å². The number of nitrogens with zero attached hydrogens (tertiary/aromatic N) is 8. The molecule has 0 aliphatic heterocycles. The molecule has 486 valence electrons. The van der Waals surface area contributed by atoms with E-state index in [1.807, 2.05) is 12.1 Å². The van der Waals surface area contributed by atoms with Crippen LogP contribution in [-0.2, 0) is 0 Å². The smallest absolute Gasteiger partial charge is 0.0991 e. The first-order valence-electron chi connectivity index (χ1n) is 35.9. The number of benzene rings is 16. The molecule has 0 saturated heterocycles. The predicted molar refractivity (Wildman–Crippen MR) is 437 cm³/mol. The van der Waals surface area contributed by atoms with Gasteiger partial charge in [0.2, 0.25) is 0 Å². The highest BCUT2D eigenvalue weighted by molar-refractivity contribution is 6.41. The molecule has 0 aliphatic rings. The molecule has 7 aromatic heterocycles. The van der Waals surface area contributed by atoms with Crippen molar-refractivity contribution in [2.24, 2.45) is 0 Å². The minimum atomic E-state index is 0.570. The second kappa shape index (κ2) is 21.8. The standard InChI is InChI=1S/C97H58N8/c98-59-60-55-57-61(58-56-60)86-93(101-75-44-18-7-33-64(75)65-34-8-19-45-76(65)101)95(103-79-48-22-11-37-68(79)69-38-12-23-49-80(69)103)97(96(104-81-50-24-13-39-70(81)71-40-14-25-51-82(71)104)94(86)102-77-46-20-9-35-66(77)67-36-10-21-47-78(67)102)105-85-54-28-17-43-74(85)89-91-87(72-41-15-26-52-83(72)99(91)62-29-3-1-4-30-62)90-88(92(89)105)73-42-16-27-53-84(73)100(90)63-31-5-2-6-32-63/h1-58H. The van der Waals surface area contributed by atoms with Gasteiger partial charge in [-0.3, -0.25) is 0 Å². The lowest BCUT2D eigenvalue weighted by Gasteiger charge is -2.32. The van der Waals surface area contributed by atoms with E-state index in [1.165, 1.54) is 5.39 Å². The Morgan fingerprint density at radius 2 is 0.390 bits per heavy atom. The highest BCUT2D eigenvalue weighted by Gasteiger charge is 2.39. The van der Waals surface area contributed by atoms with Gasteiger partial charge in [-0.05, 0) is 109 Å². The molecule has 23 aromatic rings. The number of para-hydroxylation sites is 13. The van der Waals surface area contributed by atoms with Crippen LogP contribution in [0.5, 0.6) is 0 Å². The lowest BCUT2D eigenvalue weighted by molar-refractivity contribution is 1.00. The summed E-state index contributed by atoms with van der Waals surface area (Å²) in [6.07, 6.45) is 0. The molecule has 0 amide bonds. The van der Waals surface area contributed by atoms with Crippen LogP contribution in [0.4, 0.5) is 0 Å². The zero-order valence-electron chi connectivity index (χ0n) is 56.6. The normalized spacial score (nSPS) is 12.2. The molecule has 0 radical (unpaired) electrons. The quantitative estimate of drug-likeness (QED) is 0.150. The summed E-state index contributed by atoms with van der Waals surface area (Å²) >= 11 is 0. The van der Waals surface area contributed by atoms with E-state index in [0.717, 1.165) is 198 Å². The van der Waals surface area contributed by atoms with Crippen LogP contribution in [0.25, 0.3) is 204 Å². The van der Waals surface area contributed by atoms with Crippen LogP contribution in [-0.4, -0.2) is 32.0 Å². The molecule has 0 N–H and O–H groups in total. The van der Waals surface area contributed by atoms with Crippen LogP contribution in [0, 0.1) is 11.3 Å². The minimum absolute atomic E-state index is 0.570. The summed E-state index contributed by atoms with van der Waals surface area (Å²) < 4.78 is 18.3. The first-order valence-corrected chi connectivity index (χ1v) is 35.9. The maximum Gasteiger partial charge on any atom is 0.0991 e. The Hall–Kier alpha value is -14.4. The number of hydrogen-bond acceptors (Lipinski definition) is 1. The van der Waals surface area contributed by atoms with Gasteiger partial charge in [0.1, 0.15) is 0 Å². The average Bonchev–Trinajstić information content (AvgIpc) is 1.54. The number of fused-ring (bicyclic) bond motifs is 24. The Bertz CT molecular complexity index is 7170. The Kier molecular flexibility index (Phi) is 11.9. The van der Waals surface area contributed by atoms with Gasteiger partial charge < -0.3 is 32.0 Å². The van der Waals surface area contributed by atoms with Gasteiger partial charge in [-0.2, -0.15) is 5.26 Å². The van der Waals surface area contributed by atoms with Gasteiger partial charge in [0.05, 0.1) is 117 Å². The van der Waals surface area contributed by atoms with E-state index in [1.54, 1.807) is 0 Å². The number of aromatic nitrogens is 7. The Balaban J connectivity index is 1.13. The summed E-state index contributed by atoms with van der Waals surface area (Å²) in [7, 11) is 0. The highest BCUT2D eigenvalue weighted by Crippen LogP contribution is 2.57. The fraction of sp³-hybridized carbons (Fsp3) is 0. The van der Waals surface area contributed by atoms with E-state index in [-0.39, 0.29) is 0 Å². The maximum atomic E-state index is 11.0. The van der Waals surface area contributed by atoms with E-state index in [0.29, 0.717) is 5.56 Å². The van der Waals surface area contributed by atoms with Gasteiger partial charge in [0.15, 0.2) is 0 Å². The molecule has 0 spiro atoms. The minimum Gasteiger partial charge on any atom is -0.308 e. The van der Waals surface area contributed by atoms with Crippen LogP contribution in [0.2, 0.25) is 0 Å². The van der Waals surface area contributed by atoms with E-state index in [4.69, 9.17) is 0 Å². The summed E-state index contributed by atoms with van der Waals surface area (Å²) in [6.45, 7) is 0. The molecule has 0 bridgehead atoms. The molecular weight excluding hydrogens is 1280 g/mol. The predicted octanol–water partition coefficient (Wildman–Crippen LogP) is 24.9. The van der Waals surface area contributed by atoms with E-state index >= 15 is 0 Å². The van der Waals surface area contributed by atoms with Crippen LogP contribution in [0.1, 0.15) is 5.56 Å². The van der Waals surface area contributed by atoms with Crippen molar-refractivity contribution < 1.29 is 0 Å². The van der Waals surface area contributed by atoms with Crippen molar-refractivity contribution in [3.8, 4) is 57.0 Å². The van der Waals surface area contributed by atoms with E-state index < -0.39 is 0 Å². The fourth-order valence-electron chi connectivity index (χ4n) is 18.5. The molecule has 0 unspecified atom stereocenters. The van der Waals surface area contributed by atoms with Crippen molar-refractivity contribution in [2.45, 2.75) is 0 Å². The zero-order valence-corrected chi connectivity index (χ0v) is 56.6. The van der Waals surface area contributed by atoms with Crippen LogP contribution >= 0.6 is 0 Å². The van der Waals surface area contributed by atoms with Crippen LogP contribution in [0.15, 0.2) is 352 Å². The first kappa shape index (κ1) is 57.4. The van der Waals surface area contributed by atoms with Crippen molar-refractivity contribution in [3.05, 3.63) is 357 Å². The Labute approximate surface area is 600 Å². The zero-order chi connectivity index (χ0) is 68.7. The molecule has 8 nitrogen and oxygen atoms in total. The second-order valence-electron chi connectivity index (χ2n) is 27.7. The fourth-order valence-corrected chi connectivity index (χ4v) is 18.5. The summed E-state index contributed by atoms with van der Waals surface area (Å²) in [6, 6.07) is 133. The average molecular weight is 1340 g/mol. The Morgan fingerprint density at radius 3 is 0.667 bits per heavy atom. The molecule has 0 aliphatic carbocycles. The van der Waals surface area contributed by atoms with Crippen molar-refractivity contribution in [1.82, 2.24) is 32.0 Å². The maximum absolute atomic E-state index is 11.0. The molecule has 0 saturated carbocycles. The summed E-state index contributed by atoms with van der Waals surface area (Å²) in [5.74, 6) is 0. The highest BCUT2D eigenvalue weighted by atomic mass is 15.2. The summed E-state index contributed by atoms with van der Waals surface area (Å²) in [5, 5.41) is 26.8. The second-order valence-corrected chi connectivity index (χ2v) is 27.7. The molecule has 0 atom stereocenters. The van der Waals surface area contributed by atoms with Gasteiger partial charge >= 0.3 is 0 Å². The molecule has 7 heterocycles. The monoisotopic (exact) mass is 1330 g/mol. The molecule has 23 rings (SSSR count). The third-order valence-electron chi connectivity index (χ3n) is 22.5. The SMILES string of the molecule is N#Cc1ccc(-c2c(-n3c4ccccc4c4ccccc43)c(-n3c4ccccc4c4ccccc43)c(-n3c4ccccc4c4c5c(c6ccccc6n5-c5ccccc5)c5c(c6ccccc6n5-c5ccccc5)c43)c(-n3c4ccccc4c4ccccc43)c2-n2c3ccccc3c3ccccc32)cc1. The number of nitriles is 1. The topological polar surface area (TPSA) is 58.3 Å². The summed E-state index contributed by atoms with van der Waals surface area (Å²) in [4.78, 5) is 0. The molecule has 0 fully saturated rings. The van der Waals surface area contributed by atoms with Gasteiger partial charge in [-0.25, -0.2) is 0 Å². The van der Waals surface area contributed by atoms with Crippen LogP contribution < -0.4 is 0 Å². The van der Waals surface area contributed by atoms with Crippen molar-refractivity contribution in [1.29, 1.82) is 5.26 Å². The lowest BCUT2D eigenvalue weighted by atomic mass is 9.94. The number of hydrogen-bond donors (Lipinski definition) is 0. The van der Waals surface area contributed by atoms with Crippen molar-refractivity contribution in [3.63, 3.8) is 0 Å². The molecule has 8 heteroatoms. The van der Waals surface area contributed by atoms with Gasteiger partial charge in [0, 0.05) is 92.3 Å². The first-order chi connectivity index (χ1) is 52.2. The number of rotatable bonds is 8. The van der Waals surface area contributed by atoms with E-state index in [2.05, 4.69) is 378 Å². The van der Waals surface area contributed by atoms with Gasteiger partial charge in [-0.1, -0.05) is 249 Å².